The number of nitriles is 1. The lowest BCUT2D eigenvalue weighted by atomic mass is 10.1. The lowest BCUT2D eigenvalue weighted by Crippen LogP contribution is -2.08. The van der Waals surface area contributed by atoms with Crippen LogP contribution in [0, 0.1) is 11.3 Å². The van der Waals surface area contributed by atoms with Crippen LogP contribution in [0.25, 0.3) is 0 Å². The summed E-state index contributed by atoms with van der Waals surface area (Å²) < 4.78 is 6.69. The van der Waals surface area contributed by atoms with Gasteiger partial charge >= 0.3 is 0 Å². The van der Waals surface area contributed by atoms with Gasteiger partial charge in [0.05, 0.1) is 12.7 Å². The zero-order valence-corrected chi connectivity index (χ0v) is 11.5. The standard InChI is InChI=1S/C13H17BrN2O/c1-10(16)12-9-11(14)5-6-13(12)17-8-4-2-3-7-15/h5-6,9-10H,2-4,8,16H2,1H3/t10-/m1/s1. The second kappa shape index (κ2) is 7.31. The van der Waals surface area contributed by atoms with Crippen LogP contribution < -0.4 is 10.5 Å². The molecule has 0 fully saturated rings. The van der Waals surface area contributed by atoms with Crippen molar-refractivity contribution in [3.05, 3.63) is 28.2 Å². The molecule has 1 aromatic rings. The number of nitrogens with two attached hydrogens (primary N) is 1. The maximum absolute atomic E-state index is 8.42. The molecule has 0 aromatic heterocycles. The Bertz CT molecular complexity index is 399. The van der Waals surface area contributed by atoms with E-state index >= 15 is 0 Å². The van der Waals surface area contributed by atoms with E-state index in [9.17, 15) is 0 Å². The molecule has 0 aliphatic heterocycles. The first-order valence-electron chi connectivity index (χ1n) is 5.70. The van der Waals surface area contributed by atoms with E-state index in [1.807, 2.05) is 25.1 Å². The van der Waals surface area contributed by atoms with Crippen LogP contribution in [0.2, 0.25) is 0 Å². The third kappa shape index (κ3) is 4.76. The number of benzene rings is 1. The molecule has 3 nitrogen and oxygen atoms in total. The normalized spacial score (nSPS) is 11.9. The fourth-order valence-corrected chi connectivity index (χ4v) is 1.87. The summed E-state index contributed by atoms with van der Waals surface area (Å²) >= 11 is 3.42. The second-order valence-electron chi connectivity index (χ2n) is 3.93. The topological polar surface area (TPSA) is 59.0 Å². The summed E-state index contributed by atoms with van der Waals surface area (Å²) in [5.41, 5.74) is 6.89. The second-order valence-corrected chi connectivity index (χ2v) is 4.85. The summed E-state index contributed by atoms with van der Waals surface area (Å²) in [7, 11) is 0. The first-order chi connectivity index (χ1) is 8.15. The van der Waals surface area contributed by atoms with Crippen molar-refractivity contribution >= 4 is 15.9 Å². The predicted octanol–water partition coefficient (Wildman–Crippen LogP) is 3.54. The van der Waals surface area contributed by atoms with Crippen LogP contribution in [0.15, 0.2) is 22.7 Å². The van der Waals surface area contributed by atoms with Crippen LogP contribution >= 0.6 is 15.9 Å². The molecule has 0 bridgehead atoms. The van der Waals surface area contributed by atoms with Gasteiger partial charge in [-0.2, -0.15) is 5.26 Å². The molecule has 0 aliphatic rings. The molecule has 92 valence electrons. The lowest BCUT2D eigenvalue weighted by Gasteiger charge is -2.14. The minimum absolute atomic E-state index is 0.0541. The van der Waals surface area contributed by atoms with Gasteiger partial charge in [-0.25, -0.2) is 0 Å². The zero-order valence-electron chi connectivity index (χ0n) is 9.95. The SMILES string of the molecule is C[C@@H](N)c1cc(Br)ccc1OCCCCC#N. The van der Waals surface area contributed by atoms with Gasteiger partial charge in [0, 0.05) is 22.5 Å². The van der Waals surface area contributed by atoms with Crippen molar-refractivity contribution in [2.24, 2.45) is 5.73 Å². The largest absolute Gasteiger partial charge is 0.493 e. The van der Waals surface area contributed by atoms with E-state index in [1.54, 1.807) is 0 Å². The third-order valence-corrected chi connectivity index (χ3v) is 2.90. The van der Waals surface area contributed by atoms with Crippen molar-refractivity contribution in [2.45, 2.75) is 32.2 Å². The van der Waals surface area contributed by atoms with Crippen molar-refractivity contribution in [3.8, 4) is 11.8 Å². The minimum atomic E-state index is -0.0541. The number of halogens is 1. The molecule has 17 heavy (non-hydrogen) atoms. The van der Waals surface area contributed by atoms with E-state index < -0.39 is 0 Å². The monoisotopic (exact) mass is 296 g/mol. The fraction of sp³-hybridized carbons (Fsp3) is 0.462. The Morgan fingerprint density at radius 3 is 2.88 bits per heavy atom. The molecule has 0 saturated carbocycles. The van der Waals surface area contributed by atoms with Crippen molar-refractivity contribution in [2.75, 3.05) is 6.61 Å². The number of hydrogen-bond donors (Lipinski definition) is 1. The first-order valence-corrected chi connectivity index (χ1v) is 6.49. The highest BCUT2D eigenvalue weighted by atomic mass is 79.9. The molecule has 0 spiro atoms. The van der Waals surface area contributed by atoms with Gasteiger partial charge in [0.15, 0.2) is 0 Å². The summed E-state index contributed by atoms with van der Waals surface area (Å²) in [5, 5.41) is 8.42. The molecule has 0 aliphatic carbocycles. The van der Waals surface area contributed by atoms with E-state index in [2.05, 4.69) is 22.0 Å². The number of ether oxygens (including phenoxy) is 1. The van der Waals surface area contributed by atoms with Crippen LogP contribution in [0.3, 0.4) is 0 Å². The molecular weight excluding hydrogens is 280 g/mol. The van der Waals surface area contributed by atoms with Crippen molar-refractivity contribution < 1.29 is 4.74 Å². The Morgan fingerprint density at radius 1 is 1.47 bits per heavy atom. The quantitative estimate of drug-likeness (QED) is 0.817. The molecule has 2 N–H and O–H groups in total. The molecular formula is C13H17BrN2O. The first kappa shape index (κ1) is 14.0. The summed E-state index contributed by atoms with van der Waals surface area (Å²) in [6.45, 7) is 2.56. The van der Waals surface area contributed by atoms with Crippen LogP contribution in [-0.4, -0.2) is 6.61 Å². The summed E-state index contributed by atoms with van der Waals surface area (Å²) in [6.07, 6.45) is 2.35. The molecule has 1 aromatic carbocycles. The van der Waals surface area contributed by atoms with Crippen molar-refractivity contribution in [3.63, 3.8) is 0 Å². The smallest absolute Gasteiger partial charge is 0.124 e. The van der Waals surface area contributed by atoms with Gasteiger partial charge in [-0.1, -0.05) is 15.9 Å². The highest BCUT2D eigenvalue weighted by Crippen LogP contribution is 2.27. The average Bonchev–Trinajstić information content (AvgIpc) is 2.30. The Balaban J connectivity index is 2.55. The maximum Gasteiger partial charge on any atom is 0.124 e. The predicted molar refractivity (Wildman–Crippen MR) is 71.7 cm³/mol. The number of unbranched alkanes of at least 4 members (excludes halogenated alkanes) is 2. The number of nitrogens with zero attached hydrogens (tertiary/aromatic N) is 1. The van der Waals surface area contributed by atoms with E-state index in [-0.39, 0.29) is 6.04 Å². The Labute approximate surface area is 111 Å². The summed E-state index contributed by atoms with van der Waals surface area (Å²) in [6, 6.07) is 7.91. The number of rotatable bonds is 6. The fourth-order valence-electron chi connectivity index (χ4n) is 1.49. The van der Waals surface area contributed by atoms with Crippen LogP contribution in [0.4, 0.5) is 0 Å². The highest BCUT2D eigenvalue weighted by molar-refractivity contribution is 9.10. The van der Waals surface area contributed by atoms with Crippen molar-refractivity contribution in [1.82, 2.24) is 0 Å². The summed E-state index contributed by atoms with van der Waals surface area (Å²) in [5.74, 6) is 0.833. The van der Waals surface area contributed by atoms with Crippen LogP contribution in [-0.2, 0) is 0 Å². The van der Waals surface area contributed by atoms with E-state index in [1.165, 1.54) is 0 Å². The minimum Gasteiger partial charge on any atom is -0.493 e. The lowest BCUT2D eigenvalue weighted by molar-refractivity contribution is 0.303. The van der Waals surface area contributed by atoms with Gasteiger partial charge in [0.25, 0.3) is 0 Å². The zero-order chi connectivity index (χ0) is 12.7. The Hall–Kier alpha value is -1.05. The molecule has 1 rings (SSSR count). The molecule has 0 heterocycles. The molecule has 4 heteroatoms. The third-order valence-electron chi connectivity index (χ3n) is 2.40. The average molecular weight is 297 g/mol. The molecule has 0 radical (unpaired) electrons. The van der Waals surface area contributed by atoms with Gasteiger partial charge in [-0.15, -0.1) is 0 Å². The van der Waals surface area contributed by atoms with Crippen LogP contribution in [0.5, 0.6) is 5.75 Å². The van der Waals surface area contributed by atoms with Gasteiger partial charge < -0.3 is 10.5 Å². The van der Waals surface area contributed by atoms with Crippen molar-refractivity contribution in [1.29, 1.82) is 5.26 Å². The highest BCUT2D eigenvalue weighted by Gasteiger charge is 2.08. The Kier molecular flexibility index (Phi) is 6.03. The molecule has 0 unspecified atom stereocenters. The molecule has 0 saturated heterocycles. The van der Waals surface area contributed by atoms with E-state index in [0.29, 0.717) is 13.0 Å². The van der Waals surface area contributed by atoms with Gasteiger partial charge in [-0.3, -0.25) is 0 Å². The summed E-state index contributed by atoms with van der Waals surface area (Å²) in [4.78, 5) is 0. The Morgan fingerprint density at radius 2 is 2.24 bits per heavy atom. The maximum atomic E-state index is 8.42. The van der Waals surface area contributed by atoms with E-state index in [4.69, 9.17) is 15.7 Å². The van der Waals surface area contributed by atoms with Gasteiger partial charge in [0.1, 0.15) is 5.75 Å². The number of hydrogen-bond acceptors (Lipinski definition) is 3. The van der Waals surface area contributed by atoms with Gasteiger partial charge in [0.2, 0.25) is 0 Å². The molecule has 0 amide bonds. The van der Waals surface area contributed by atoms with Gasteiger partial charge in [-0.05, 0) is 38.0 Å². The van der Waals surface area contributed by atoms with Crippen LogP contribution in [0.1, 0.15) is 37.8 Å². The molecule has 1 atom stereocenters. The van der Waals surface area contributed by atoms with E-state index in [0.717, 1.165) is 28.6 Å².